The number of hydrogen-bond donors (Lipinski definition) is 0. The van der Waals surface area contributed by atoms with Crippen LogP contribution in [0.1, 0.15) is 39.1 Å². The average molecular weight is 396 g/mol. The van der Waals surface area contributed by atoms with E-state index in [0.717, 1.165) is 0 Å². The summed E-state index contributed by atoms with van der Waals surface area (Å²) in [4.78, 5) is 14.9. The van der Waals surface area contributed by atoms with E-state index in [-0.39, 0.29) is 28.1 Å². The maximum atomic E-state index is 13.0. The Kier molecular flexibility index (Phi) is 5.01. The minimum atomic E-state index is -3.65. The van der Waals surface area contributed by atoms with Crippen LogP contribution < -0.4 is 0 Å². The molecule has 1 aromatic heterocycles. The van der Waals surface area contributed by atoms with Crippen molar-refractivity contribution >= 4 is 15.9 Å². The first-order valence-corrected chi connectivity index (χ1v) is 10.8. The van der Waals surface area contributed by atoms with Crippen LogP contribution in [-0.2, 0) is 14.8 Å². The molecule has 0 N–H and O–H groups in total. The lowest BCUT2D eigenvalue weighted by Crippen LogP contribution is -2.51. The van der Waals surface area contributed by atoms with E-state index in [4.69, 9.17) is 4.52 Å². The lowest BCUT2D eigenvalue weighted by molar-refractivity contribution is -0.134. The smallest absolute Gasteiger partial charge is 0.248 e. The van der Waals surface area contributed by atoms with Crippen molar-refractivity contribution in [3.05, 3.63) is 23.1 Å². The first kappa shape index (κ1) is 20.1. The molecule has 1 amide bonds. The van der Waals surface area contributed by atoms with E-state index in [9.17, 15) is 13.2 Å². The van der Waals surface area contributed by atoms with E-state index in [1.807, 2.05) is 18.7 Å². The molecule has 27 heavy (non-hydrogen) atoms. The molecule has 1 aromatic rings. The largest absolute Gasteiger partial charge is 0.360 e. The highest BCUT2D eigenvalue weighted by Gasteiger charge is 2.61. The zero-order valence-corrected chi connectivity index (χ0v) is 17.8. The number of piperazine rings is 1. The molecule has 1 saturated heterocycles. The minimum absolute atomic E-state index is 0.0156. The summed E-state index contributed by atoms with van der Waals surface area (Å²) in [5, 5.41) is 3.75. The third-order valence-corrected chi connectivity index (χ3v) is 7.95. The lowest BCUT2D eigenvalue weighted by atomic mass is 10.1. The van der Waals surface area contributed by atoms with Crippen molar-refractivity contribution in [1.29, 1.82) is 0 Å². The van der Waals surface area contributed by atoms with Gasteiger partial charge in [0.05, 0.1) is 5.92 Å². The zero-order chi connectivity index (χ0) is 20.1. The Bertz CT molecular complexity index is 853. The van der Waals surface area contributed by atoms with E-state index in [1.165, 1.54) is 9.88 Å². The fourth-order valence-electron chi connectivity index (χ4n) is 4.14. The second-order valence-corrected chi connectivity index (χ2v) is 10.3. The number of aryl methyl sites for hydroxylation is 2. The monoisotopic (exact) mass is 395 g/mol. The molecule has 1 aliphatic heterocycles. The number of nitrogens with zero attached hydrogens (tertiary/aromatic N) is 3. The summed E-state index contributed by atoms with van der Waals surface area (Å²) in [7, 11) is -3.65. The third-order valence-electron chi connectivity index (χ3n) is 5.81. The molecule has 2 fully saturated rings. The second-order valence-electron chi connectivity index (χ2n) is 8.45. The predicted molar refractivity (Wildman–Crippen MR) is 102 cm³/mol. The molecule has 1 saturated carbocycles. The van der Waals surface area contributed by atoms with Gasteiger partial charge in [-0.15, -0.1) is 0 Å². The maximum absolute atomic E-state index is 13.0. The molecule has 0 spiro atoms. The third kappa shape index (κ3) is 3.45. The normalized spacial score (nSPS) is 25.3. The maximum Gasteiger partial charge on any atom is 0.248 e. The zero-order valence-electron chi connectivity index (χ0n) is 16.9. The molecule has 2 heterocycles. The van der Waals surface area contributed by atoms with Gasteiger partial charge in [-0.3, -0.25) is 4.79 Å². The topological polar surface area (TPSA) is 83.7 Å². The SMILES string of the molecule is CC(C)=CC1C(C(=O)N2CCN(S(=O)(=O)c3c(C)noc3C)CC2)C1(C)C. The molecule has 7 nitrogen and oxygen atoms in total. The Morgan fingerprint density at radius 2 is 1.78 bits per heavy atom. The second kappa shape index (κ2) is 6.74. The van der Waals surface area contributed by atoms with Gasteiger partial charge in [-0.1, -0.05) is 30.7 Å². The van der Waals surface area contributed by atoms with Gasteiger partial charge in [0, 0.05) is 26.2 Å². The number of amides is 1. The molecule has 3 rings (SSSR count). The molecule has 2 aliphatic rings. The number of allylic oxidation sites excluding steroid dienone is 2. The van der Waals surface area contributed by atoms with Gasteiger partial charge < -0.3 is 9.42 Å². The van der Waals surface area contributed by atoms with E-state index >= 15 is 0 Å². The fourth-order valence-corrected chi connectivity index (χ4v) is 5.85. The van der Waals surface area contributed by atoms with Crippen LogP contribution in [0.2, 0.25) is 0 Å². The van der Waals surface area contributed by atoms with Crippen LogP contribution in [0.4, 0.5) is 0 Å². The van der Waals surface area contributed by atoms with E-state index in [1.54, 1.807) is 13.8 Å². The van der Waals surface area contributed by atoms with Crippen LogP contribution in [-0.4, -0.2) is 54.9 Å². The Hall–Kier alpha value is -1.67. The van der Waals surface area contributed by atoms with E-state index in [0.29, 0.717) is 37.6 Å². The number of sulfonamides is 1. The number of aromatic nitrogens is 1. The van der Waals surface area contributed by atoms with Gasteiger partial charge >= 0.3 is 0 Å². The van der Waals surface area contributed by atoms with Crippen molar-refractivity contribution < 1.29 is 17.7 Å². The molecule has 8 heteroatoms. The van der Waals surface area contributed by atoms with Crippen molar-refractivity contribution in [2.24, 2.45) is 17.3 Å². The first-order chi connectivity index (χ1) is 12.5. The number of carbonyl (C=O) groups is 1. The highest BCUT2D eigenvalue weighted by Crippen LogP contribution is 2.60. The Morgan fingerprint density at radius 3 is 2.26 bits per heavy atom. The molecule has 2 atom stereocenters. The summed E-state index contributed by atoms with van der Waals surface area (Å²) in [6, 6.07) is 0. The minimum Gasteiger partial charge on any atom is -0.360 e. The van der Waals surface area contributed by atoms with Gasteiger partial charge in [0.15, 0.2) is 5.76 Å². The standard InChI is InChI=1S/C19H29N3O4S/c1-12(2)11-15-16(19(15,5)6)18(23)21-7-9-22(10-8-21)27(24,25)17-13(3)20-26-14(17)4/h11,15-16H,7-10H2,1-6H3. The van der Waals surface area contributed by atoms with Crippen LogP contribution in [0.25, 0.3) is 0 Å². The Labute approximate surface area is 161 Å². The van der Waals surface area contributed by atoms with Crippen LogP contribution in [0, 0.1) is 31.1 Å². The molecule has 2 unspecified atom stereocenters. The van der Waals surface area contributed by atoms with E-state index in [2.05, 4.69) is 25.1 Å². The van der Waals surface area contributed by atoms with Crippen molar-refractivity contribution in [3.63, 3.8) is 0 Å². The summed E-state index contributed by atoms with van der Waals surface area (Å²) in [5.41, 5.74) is 1.56. The molecule has 0 aromatic carbocycles. The quantitative estimate of drug-likeness (QED) is 0.731. The molecular formula is C19H29N3O4S. The molecular weight excluding hydrogens is 366 g/mol. The van der Waals surface area contributed by atoms with Crippen molar-refractivity contribution in [3.8, 4) is 0 Å². The van der Waals surface area contributed by atoms with Crippen LogP contribution >= 0.6 is 0 Å². The Balaban J connectivity index is 1.68. The predicted octanol–water partition coefficient (Wildman–Crippen LogP) is 2.36. The van der Waals surface area contributed by atoms with Crippen LogP contribution in [0.3, 0.4) is 0 Å². The van der Waals surface area contributed by atoms with Crippen LogP contribution in [0.5, 0.6) is 0 Å². The average Bonchev–Trinajstić information content (AvgIpc) is 2.91. The summed E-state index contributed by atoms with van der Waals surface area (Å²) in [5.74, 6) is 0.685. The fraction of sp³-hybridized carbons (Fsp3) is 0.684. The van der Waals surface area contributed by atoms with Gasteiger partial charge in [-0.05, 0) is 39.0 Å². The van der Waals surface area contributed by atoms with Gasteiger partial charge in [-0.25, -0.2) is 8.42 Å². The first-order valence-electron chi connectivity index (χ1n) is 9.34. The summed E-state index contributed by atoms with van der Waals surface area (Å²) in [6.07, 6.45) is 2.18. The highest BCUT2D eigenvalue weighted by atomic mass is 32.2. The summed E-state index contributed by atoms with van der Waals surface area (Å²) >= 11 is 0. The van der Waals surface area contributed by atoms with Gasteiger partial charge in [0.25, 0.3) is 0 Å². The molecule has 1 aliphatic carbocycles. The number of hydrogen-bond acceptors (Lipinski definition) is 5. The lowest BCUT2D eigenvalue weighted by Gasteiger charge is -2.34. The molecule has 0 radical (unpaired) electrons. The molecule has 0 bridgehead atoms. The van der Waals surface area contributed by atoms with Crippen molar-refractivity contribution in [2.75, 3.05) is 26.2 Å². The Morgan fingerprint density at radius 1 is 1.19 bits per heavy atom. The van der Waals surface area contributed by atoms with E-state index < -0.39 is 10.0 Å². The highest BCUT2D eigenvalue weighted by molar-refractivity contribution is 7.89. The summed E-state index contributed by atoms with van der Waals surface area (Å²) < 4.78 is 32.2. The van der Waals surface area contributed by atoms with Crippen molar-refractivity contribution in [2.45, 2.75) is 46.4 Å². The van der Waals surface area contributed by atoms with Crippen molar-refractivity contribution in [1.82, 2.24) is 14.4 Å². The van der Waals surface area contributed by atoms with Gasteiger partial charge in [0.2, 0.25) is 15.9 Å². The molecule has 150 valence electrons. The van der Waals surface area contributed by atoms with Crippen LogP contribution in [0.15, 0.2) is 21.1 Å². The summed E-state index contributed by atoms with van der Waals surface area (Å²) in [6.45, 7) is 13.0. The number of rotatable bonds is 4. The van der Waals surface area contributed by atoms with Gasteiger partial charge in [-0.2, -0.15) is 4.31 Å². The van der Waals surface area contributed by atoms with Gasteiger partial charge in [0.1, 0.15) is 10.6 Å². The number of carbonyl (C=O) groups excluding carboxylic acids is 1.